The molecule has 0 fully saturated rings. The Morgan fingerprint density at radius 2 is 1.90 bits per heavy atom. The molecule has 0 saturated heterocycles. The van der Waals surface area contributed by atoms with Crippen molar-refractivity contribution < 1.29 is 4.74 Å². The van der Waals surface area contributed by atoms with E-state index in [1.807, 2.05) is 38.2 Å². The van der Waals surface area contributed by atoms with E-state index in [1.165, 1.54) is 5.56 Å². The number of ether oxygens (including phenoxy) is 1. The number of nitrogens with one attached hydrogen (secondary N) is 1. The molecule has 0 saturated carbocycles. The summed E-state index contributed by atoms with van der Waals surface area (Å²) in [6.45, 7) is 7.69. The van der Waals surface area contributed by atoms with Crippen LogP contribution in [0.5, 0.6) is 5.75 Å². The van der Waals surface area contributed by atoms with E-state index < -0.39 is 0 Å². The van der Waals surface area contributed by atoms with Crippen molar-refractivity contribution in [1.29, 1.82) is 0 Å². The first-order chi connectivity index (χ1) is 10.2. The van der Waals surface area contributed by atoms with Gasteiger partial charge in [0.25, 0.3) is 0 Å². The molecular weight excluding hydrogens is 262 g/mol. The Balaban J connectivity index is 2.26. The van der Waals surface area contributed by atoms with E-state index in [-0.39, 0.29) is 6.04 Å². The van der Waals surface area contributed by atoms with Gasteiger partial charge in [0.2, 0.25) is 0 Å². The first-order valence-electron chi connectivity index (χ1n) is 7.50. The van der Waals surface area contributed by atoms with Crippen LogP contribution in [0.4, 0.5) is 0 Å². The van der Waals surface area contributed by atoms with Gasteiger partial charge in [0.1, 0.15) is 11.6 Å². The van der Waals surface area contributed by atoms with Crippen LogP contribution in [-0.2, 0) is 0 Å². The minimum absolute atomic E-state index is 0.0855. The first kappa shape index (κ1) is 15.4. The van der Waals surface area contributed by atoms with Crippen LogP contribution in [0, 0.1) is 6.92 Å². The van der Waals surface area contributed by atoms with E-state index in [2.05, 4.69) is 34.3 Å². The van der Waals surface area contributed by atoms with Gasteiger partial charge in [-0.2, -0.15) is 0 Å². The van der Waals surface area contributed by atoms with Crippen molar-refractivity contribution in [2.75, 3.05) is 13.2 Å². The third kappa shape index (κ3) is 4.26. The maximum atomic E-state index is 5.50. The standard InChI is InChI=1S/C17H23N3O/c1-4-11-19-17(16-10-12-18-13(3)20-16)14-6-8-15(9-7-14)21-5-2/h6-10,12,17,19H,4-5,11H2,1-3H3. The zero-order chi connectivity index (χ0) is 15.1. The van der Waals surface area contributed by atoms with Crippen LogP contribution < -0.4 is 10.1 Å². The number of rotatable bonds is 7. The molecule has 0 spiro atoms. The van der Waals surface area contributed by atoms with Crippen LogP contribution in [0.3, 0.4) is 0 Å². The van der Waals surface area contributed by atoms with Crippen molar-refractivity contribution in [3.63, 3.8) is 0 Å². The van der Waals surface area contributed by atoms with Crippen LogP contribution in [0.15, 0.2) is 36.5 Å². The molecule has 4 nitrogen and oxygen atoms in total. The quantitative estimate of drug-likeness (QED) is 0.848. The molecule has 4 heteroatoms. The Labute approximate surface area is 126 Å². The van der Waals surface area contributed by atoms with E-state index in [0.717, 1.165) is 30.2 Å². The summed E-state index contributed by atoms with van der Waals surface area (Å²) >= 11 is 0. The van der Waals surface area contributed by atoms with Gasteiger partial charge in [-0.1, -0.05) is 19.1 Å². The van der Waals surface area contributed by atoms with Crippen molar-refractivity contribution in [2.24, 2.45) is 0 Å². The summed E-state index contributed by atoms with van der Waals surface area (Å²) < 4.78 is 5.50. The van der Waals surface area contributed by atoms with Crippen LogP contribution in [0.1, 0.15) is 43.4 Å². The third-order valence-electron chi connectivity index (χ3n) is 3.22. The average molecular weight is 285 g/mol. The van der Waals surface area contributed by atoms with Gasteiger partial charge in [-0.25, -0.2) is 9.97 Å². The monoisotopic (exact) mass is 285 g/mol. The summed E-state index contributed by atoms with van der Waals surface area (Å²) in [5, 5.41) is 3.55. The van der Waals surface area contributed by atoms with Gasteiger partial charge in [-0.15, -0.1) is 0 Å². The maximum absolute atomic E-state index is 5.50. The number of nitrogens with zero attached hydrogens (tertiary/aromatic N) is 2. The number of aromatic nitrogens is 2. The highest BCUT2D eigenvalue weighted by Gasteiger charge is 2.15. The second-order valence-electron chi connectivity index (χ2n) is 4.92. The van der Waals surface area contributed by atoms with Crippen LogP contribution in [0.25, 0.3) is 0 Å². The highest BCUT2D eigenvalue weighted by atomic mass is 16.5. The van der Waals surface area contributed by atoms with E-state index in [9.17, 15) is 0 Å². The predicted molar refractivity (Wildman–Crippen MR) is 84.5 cm³/mol. The second kappa shape index (κ2) is 7.74. The van der Waals surface area contributed by atoms with Gasteiger partial charge < -0.3 is 10.1 Å². The SMILES string of the molecule is CCCNC(c1ccc(OCC)cc1)c1ccnc(C)n1. The molecule has 1 unspecified atom stereocenters. The Hall–Kier alpha value is -1.94. The van der Waals surface area contributed by atoms with Gasteiger partial charge >= 0.3 is 0 Å². The summed E-state index contributed by atoms with van der Waals surface area (Å²) in [7, 11) is 0. The fourth-order valence-electron chi connectivity index (χ4n) is 2.24. The molecule has 1 heterocycles. The van der Waals surface area contributed by atoms with E-state index in [4.69, 9.17) is 4.74 Å². The molecule has 21 heavy (non-hydrogen) atoms. The molecule has 1 atom stereocenters. The van der Waals surface area contributed by atoms with Crippen LogP contribution in [0.2, 0.25) is 0 Å². The highest BCUT2D eigenvalue weighted by molar-refractivity contribution is 5.33. The molecule has 112 valence electrons. The van der Waals surface area contributed by atoms with Crippen LogP contribution in [-0.4, -0.2) is 23.1 Å². The molecule has 0 bridgehead atoms. The average Bonchev–Trinajstić information content (AvgIpc) is 2.50. The zero-order valence-corrected chi connectivity index (χ0v) is 13.0. The lowest BCUT2D eigenvalue weighted by atomic mass is 10.0. The summed E-state index contributed by atoms with van der Waals surface area (Å²) in [5.74, 6) is 1.69. The summed E-state index contributed by atoms with van der Waals surface area (Å²) in [4.78, 5) is 8.73. The number of aryl methyl sites for hydroxylation is 1. The zero-order valence-electron chi connectivity index (χ0n) is 13.0. The normalized spacial score (nSPS) is 12.1. The lowest BCUT2D eigenvalue weighted by Crippen LogP contribution is -2.24. The van der Waals surface area contributed by atoms with Gasteiger partial charge in [0.15, 0.2) is 0 Å². The van der Waals surface area contributed by atoms with E-state index in [0.29, 0.717) is 6.61 Å². The largest absolute Gasteiger partial charge is 0.494 e. The Bertz CT molecular complexity index is 554. The molecule has 2 aromatic rings. The Morgan fingerprint density at radius 3 is 2.52 bits per heavy atom. The smallest absolute Gasteiger partial charge is 0.125 e. The molecule has 1 N–H and O–H groups in total. The van der Waals surface area contributed by atoms with Crippen molar-refractivity contribution in [1.82, 2.24) is 15.3 Å². The lowest BCUT2D eigenvalue weighted by Gasteiger charge is -2.19. The summed E-state index contributed by atoms with van der Waals surface area (Å²) in [5.41, 5.74) is 2.19. The van der Waals surface area contributed by atoms with Gasteiger partial charge in [-0.3, -0.25) is 0 Å². The molecule has 0 amide bonds. The molecule has 1 aromatic heterocycles. The molecule has 1 aromatic carbocycles. The Morgan fingerprint density at radius 1 is 1.14 bits per heavy atom. The molecule has 0 radical (unpaired) electrons. The minimum atomic E-state index is 0.0855. The highest BCUT2D eigenvalue weighted by Crippen LogP contribution is 2.23. The lowest BCUT2D eigenvalue weighted by molar-refractivity contribution is 0.340. The topological polar surface area (TPSA) is 47.0 Å². The molecule has 0 aliphatic rings. The molecular formula is C17H23N3O. The van der Waals surface area contributed by atoms with Gasteiger partial charge in [0, 0.05) is 6.20 Å². The fraction of sp³-hybridized carbons (Fsp3) is 0.412. The van der Waals surface area contributed by atoms with Crippen molar-refractivity contribution in [3.05, 3.63) is 53.6 Å². The molecule has 2 rings (SSSR count). The van der Waals surface area contributed by atoms with Crippen molar-refractivity contribution >= 4 is 0 Å². The van der Waals surface area contributed by atoms with E-state index in [1.54, 1.807) is 0 Å². The minimum Gasteiger partial charge on any atom is -0.494 e. The fourth-order valence-corrected chi connectivity index (χ4v) is 2.24. The first-order valence-corrected chi connectivity index (χ1v) is 7.50. The molecule has 0 aliphatic heterocycles. The number of hydrogen-bond acceptors (Lipinski definition) is 4. The summed E-state index contributed by atoms with van der Waals surface area (Å²) in [6, 6.07) is 10.3. The number of benzene rings is 1. The second-order valence-corrected chi connectivity index (χ2v) is 4.92. The number of hydrogen-bond donors (Lipinski definition) is 1. The maximum Gasteiger partial charge on any atom is 0.125 e. The Kier molecular flexibility index (Phi) is 5.69. The van der Waals surface area contributed by atoms with Crippen molar-refractivity contribution in [3.8, 4) is 5.75 Å². The van der Waals surface area contributed by atoms with Crippen molar-refractivity contribution in [2.45, 2.75) is 33.2 Å². The van der Waals surface area contributed by atoms with Gasteiger partial charge in [-0.05, 0) is 50.6 Å². The van der Waals surface area contributed by atoms with Crippen LogP contribution >= 0.6 is 0 Å². The van der Waals surface area contributed by atoms with Gasteiger partial charge in [0.05, 0.1) is 18.3 Å². The third-order valence-corrected chi connectivity index (χ3v) is 3.22. The summed E-state index contributed by atoms with van der Waals surface area (Å²) in [6.07, 6.45) is 2.89. The molecule has 0 aliphatic carbocycles. The van der Waals surface area contributed by atoms with E-state index >= 15 is 0 Å². The predicted octanol–water partition coefficient (Wildman–Crippen LogP) is 3.27.